The Labute approximate surface area is 191 Å². The second-order valence-electron chi connectivity index (χ2n) is 7.25. The summed E-state index contributed by atoms with van der Waals surface area (Å²) in [6.45, 7) is 4.85. The molecule has 0 spiro atoms. The van der Waals surface area contributed by atoms with Crippen LogP contribution in [0.15, 0.2) is 41.6 Å². The van der Waals surface area contributed by atoms with Gasteiger partial charge in [-0.25, -0.2) is 9.18 Å². The molecular weight excluding hydrogens is 433 g/mol. The van der Waals surface area contributed by atoms with Gasteiger partial charge in [0.25, 0.3) is 0 Å². The minimum Gasteiger partial charge on any atom is -0.494 e. The molecule has 1 aliphatic heterocycles. The quantitative estimate of drug-likeness (QED) is 0.162. The first-order valence-electron chi connectivity index (χ1n) is 10.7. The van der Waals surface area contributed by atoms with Gasteiger partial charge in [0.15, 0.2) is 23.4 Å². The topological polar surface area (TPSA) is 125 Å². The molecule has 1 aliphatic rings. The summed E-state index contributed by atoms with van der Waals surface area (Å²) in [6.07, 6.45) is 0.351. The standard InChI is InChI=1S/C23H28FN3O6/c1-3-31-17-11-18(20(24)19(12-17)33-16-9-10-30-13-16)21(23(28)32-4-2)26-15-7-5-14(6-8-15)22(25)27-29/h5-8,11-12,16,21,26,29H,3-4,9-10,13H2,1-2H3,(H2,25,27)/t16-,21-/m1/s1. The molecule has 10 heteroatoms. The van der Waals surface area contributed by atoms with Gasteiger partial charge in [0.05, 0.1) is 26.4 Å². The van der Waals surface area contributed by atoms with Crippen LogP contribution in [0.25, 0.3) is 0 Å². The summed E-state index contributed by atoms with van der Waals surface area (Å²) < 4.78 is 37.5. The number of anilines is 1. The van der Waals surface area contributed by atoms with Crippen LogP contribution in [0, 0.1) is 5.82 Å². The van der Waals surface area contributed by atoms with E-state index in [2.05, 4.69) is 10.5 Å². The van der Waals surface area contributed by atoms with Crippen molar-refractivity contribution < 1.29 is 33.3 Å². The van der Waals surface area contributed by atoms with E-state index in [9.17, 15) is 4.79 Å². The average Bonchev–Trinajstić information content (AvgIpc) is 3.33. The van der Waals surface area contributed by atoms with Crippen molar-refractivity contribution in [1.82, 2.24) is 0 Å². The average molecular weight is 461 g/mol. The van der Waals surface area contributed by atoms with Crippen molar-refractivity contribution in [3.05, 3.63) is 53.3 Å². The number of ether oxygens (including phenoxy) is 4. The van der Waals surface area contributed by atoms with E-state index in [0.717, 1.165) is 0 Å². The molecule has 0 saturated carbocycles. The number of benzene rings is 2. The lowest BCUT2D eigenvalue weighted by atomic mass is 10.0. The Kier molecular flexibility index (Phi) is 8.31. The second kappa shape index (κ2) is 11.4. The van der Waals surface area contributed by atoms with Crippen molar-refractivity contribution in [3.63, 3.8) is 0 Å². The van der Waals surface area contributed by atoms with Crippen LogP contribution in [-0.2, 0) is 14.3 Å². The predicted molar refractivity (Wildman–Crippen MR) is 119 cm³/mol. The highest BCUT2D eigenvalue weighted by Gasteiger charge is 2.29. The molecule has 2 aromatic rings. The lowest BCUT2D eigenvalue weighted by Crippen LogP contribution is -2.25. The number of carbonyl (C=O) groups is 1. The third-order valence-corrected chi connectivity index (χ3v) is 4.97. The highest BCUT2D eigenvalue weighted by atomic mass is 19.1. The van der Waals surface area contributed by atoms with Crippen molar-refractivity contribution in [2.75, 3.05) is 31.7 Å². The number of halogens is 1. The molecule has 0 radical (unpaired) electrons. The number of nitrogens with two attached hydrogens (primary N) is 1. The summed E-state index contributed by atoms with van der Waals surface area (Å²) in [7, 11) is 0. The Bertz CT molecular complexity index is 977. The zero-order chi connectivity index (χ0) is 23.8. The number of hydrogen-bond donors (Lipinski definition) is 3. The molecule has 1 saturated heterocycles. The van der Waals surface area contributed by atoms with Gasteiger partial charge in [-0.1, -0.05) is 5.16 Å². The molecule has 2 aromatic carbocycles. The Morgan fingerprint density at radius 3 is 2.67 bits per heavy atom. The number of nitrogens with one attached hydrogen (secondary N) is 1. The Morgan fingerprint density at radius 2 is 2.06 bits per heavy atom. The normalized spacial score (nSPS) is 16.8. The summed E-state index contributed by atoms with van der Waals surface area (Å²) in [6, 6.07) is 8.18. The highest BCUT2D eigenvalue weighted by Crippen LogP contribution is 2.34. The minimum absolute atomic E-state index is 0.0221. The largest absolute Gasteiger partial charge is 0.494 e. The van der Waals surface area contributed by atoms with Gasteiger partial charge in [-0.15, -0.1) is 0 Å². The fourth-order valence-corrected chi connectivity index (χ4v) is 3.38. The summed E-state index contributed by atoms with van der Waals surface area (Å²) in [5.41, 5.74) is 6.59. The van der Waals surface area contributed by atoms with Gasteiger partial charge in [0.2, 0.25) is 0 Å². The maximum absolute atomic E-state index is 15.6. The van der Waals surface area contributed by atoms with Crippen molar-refractivity contribution in [2.24, 2.45) is 10.9 Å². The molecule has 9 nitrogen and oxygen atoms in total. The number of nitrogens with zero attached hydrogens (tertiary/aromatic N) is 1. The molecule has 2 atom stereocenters. The fraction of sp³-hybridized carbons (Fsp3) is 0.391. The smallest absolute Gasteiger partial charge is 0.333 e. The van der Waals surface area contributed by atoms with Crippen LogP contribution < -0.4 is 20.5 Å². The molecule has 0 amide bonds. The Hall–Kier alpha value is -3.53. The molecular formula is C23H28FN3O6. The molecule has 1 fully saturated rings. The second-order valence-corrected chi connectivity index (χ2v) is 7.25. The maximum Gasteiger partial charge on any atom is 0.333 e. The van der Waals surface area contributed by atoms with Gasteiger partial charge < -0.3 is 35.2 Å². The zero-order valence-corrected chi connectivity index (χ0v) is 18.5. The number of hydrogen-bond acceptors (Lipinski definition) is 8. The first-order valence-corrected chi connectivity index (χ1v) is 10.7. The summed E-state index contributed by atoms with van der Waals surface area (Å²) >= 11 is 0. The van der Waals surface area contributed by atoms with Crippen molar-refractivity contribution >= 4 is 17.5 Å². The van der Waals surface area contributed by atoms with Crippen LogP contribution in [0.4, 0.5) is 10.1 Å². The minimum atomic E-state index is -1.18. The van der Waals surface area contributed by atoms with E-state index in [0.29, 0.717) is 43.2 Å². The van der Waals surface area contributed by atoms with Crippen LogP contribution >= 0.6 is 0 Å². The molecule has 0 bridgehead atoms. The lowest BCUT2D eigenvalue weighted by Gasteiger charge is -2.22. The fourth-order valence-electron chi connectivity index (χ4n) is 3.38. The molecule has 4 N–H and O–H groups in total. The van der Waals surface area contributed by atoms with Crippen LogP contribution in [-0.4, -0.2) is 49.5 Å². The van der Waals surface area contributed by atoms with Crippen LogP contribution in [0.1, 0.15) is 37.4 Å². The van der Waals surface area contributed by atoms with Crippen molar-refractivity contribution in [3.8, 4) is 11.5 Å². The van der Waals surface area contributed by atoms with Gasteiger partial charge in [-0.2, -0.15) is 0 Å². The van der Waals surface area contributed by atoms with E-state index in [1.807, 2.05) is 0 Å². The number of amidine groups is 1. The monoisotopic (exact) mass is 461 g/mol. The van der Waals surface area contributed by atoms with Crippen molar-refractivity contribution in [2.45, 2.75) is 32.4 Å². The van der Waals surface area contributed by atoms with Crippen LogP contribution in [0.5, 0.6) is 11.5 Å². The Balaban J connectivity index is 1.98. The van der Waals surface area contributed by atoms with E-state index in [1.54, 1.807) is 38.1 Å². The number of carbonyl (C=O) groups excluding carboxylic acids is 1. The first-order chi connectivity index (χ1) is 16.0. The van der Waals surface area contributed by atoms with Gasteiger partial charge >= 0.3 is 5.97 Å². The summed E-state index contributed by atoms with van der Waals surface area (Å²) in [4.78, 5) is 12.8. The van der Waals surface area contributed by atoms with Gasteiger partial charge in [0.1, 0.15) is 11.9 Å². The van der Waals surface area contributed by atoms with E-state index in [4.69, 9.17) is 29.9 Å². The van der Waals surface area contributed by atoms with E-state index < -0.39 is 17.8 Å². The molecule has 1 heterocycles. The molecule has 0 unspecified atom stereocenters. The number of oxime groups is 1. The highest BCUT2D eigenvalue weighted by molar-refractivity contribution is 5.97. The zero-order valence-electron chi connectivity index (χ0n) is 18.5. The summed E-state index contributed by atoms with van der Waals surface area (Å²) in [5.74, 6) is -1.08. The number of esters is 1. The van der Waals surface area contributed by atoms with E-state index in [-0.39, 0.29) is 29.9 Å². The Morgan fingerprint density at radius 1 is 1.30 bits per heavy atom. The van der Waals surface area contributed by atoms with Crippen molar-refractivity contribution in [1.29, 1.82) is 0 Å². The lowest BCUT2D eigenvalue weighted by molar-refractivity contribution is -0.144. The third-order valence-electron chi connectivity index (χ3n) is 4.97. The first kappa shape index (κ1) is 24.1. The number of rotatable bonds is 10. The molecule has 0 aromatic heterocycles. The molecule has 178 valence electrons. The maximum atomic E-state index is 15.6. The molecule has 3 rings (SSSR count). The van der Waals surface area contributed by atoms with E-state index in [1.165, 1.54) is 12.1 Å². The SMILES string of the molecule is CCOC(=O)[C@H](Nc1ccc(C(N)=NO)cc1)c1cc(OCC)cc(O[C@@H]2CCOC2)c1F. The molecule has 33 heavy (non-hydrogen) atoms. The van der Waals surface area contributed by atoms with Crippen LogP contribution in [0.2, 0.25) is 0 Å². The van der Waals surface area contributed by atoms with E-state index >= 15 is 4.39 Å². The molecule has 0 aliphatic carbocycles. The van der Waals surface area contributed by atoms with Crippen LogP contribution in [0.3, 0.4) is 0 Å². The van der Waals surface area contributed by atoms with Gasteiger partial charge in [0, 0.05) is 29.3 Å². The summed E-state index contributed by atoms with van der Waals surface area (Å²) in [5, 5.41) is 14.8. The predicted octanol–water partition coefficient (Wildman–Crippen LogP) is 3.20. The van der Waals surface area contributed by atoms with Gasteiger partial charge in [-0.3, -0.25) is 0 Å². The third kappa shape index (κ3) is 6.04. The van der Waals surface area contributed by atoms with Gasteiger partial charge in [-0.05, 0) is 44.2 Å².